The van der Waals surface area contributed by atoms with Crippen LogP contribution < -0.4 is 0 Å². The van der Waals surface area contributed by atoms with E-state index in [0.717, 1.165) is 29.3 Å². The van der Waals surface area contributed by atoms with Crippen LogP contribution in [0, 0.1) is 0 Å². The Kier molecular flexibility index (Phi) is 4.23. The van der Waals surface area contributed by atoms with Crippen molar-refractivity contribution in [3.05, 3.63) is 35.2 Å². The second kappa shape index (κ2) is 6.01. The maximum absolute atomic E-state index is 12.9. The second-order valence-corrected chi connectivity index (χ2v) is 8.98. The summed E-state index contributed by atoms with van der Waals surface area (Å²) in [6.07, 6.45) is 3.92. The number of benzene rings is 1. The van der Waals surface area contributed by atoms with Crippen LogP contribution in [0.2, 0.25) is 0 Å². The van der Waals surface area contributed by atoms with E-state index in [-0.39, 0.29) is 17.7 Å². The Balaban J connectivity index is 1.92. The van der Waals surface area contributed by atoms with Gasteiger partial charge in [0.15, 0.2) is 0 Å². The molecule has 0 spiro atoms. The lowest BCUT2D eigenvalue weighted by atomic mass is 10.0. The lowest BCUT2D eigenvalue weighted by Crippen LogP contribution is -2.46. The molecule has 1 amide bonds. The summed E-state index contributed by atoms with van der Waals surface area (Å²) in [6.45, 7) is 0.642. The van der Waals surface area contributed by atoms with Gasteiger partial charge in [-0.2, -0.15) is 0 Å². The minimum absolute atomic E-state index is 0.0363. The standard InChI is InChI=1S/C16H19NO3S2/c1-22(19,20)11-12-6-4-5-9-17(12)16(18)14-10-21-15-8-3-2-7-13(14)15/h2-3,7-8,10,12H,4-6,9,11H2,1H3/t12-/m0/s1. The van der Waals surface area contributed by atoms with Gasteiger partial charge in [0, 0.05) is 34.3 Å². The van der Waals surface area contributed by atoms with E-state index in [0.29, 0.717) is 12.1 Å². The molecule has 1 fully saturated rings. The molecule has 2 aromatic rings. The largest absolute Gasteiger partial charge is 0.335 e. The first kappa shape index (κ1) is 15.5. The van der Waals surface area contributed by atoms with Crippen molar-refractivity contribution in [2.24, 2.45) is 0 Å². The third-order valence-corrected chi connectivity index (χ3v) is 6.05. The van der Waals surface area contributed by atoms with Gasteiger partial charge >= 0.3 is 0 Å². The van der Waals surface area contributed by atoms with Crippen LogP contribution in [0.5, 0.6) is 0 Å². The van der Waals surface area contributed by atoms with E-state index >= 15 is 0 Å². The van der Waals surface area contributed by atoms with E-state index in [2.05, 4.69) is 0 Å². The Morgan fingerprint density at radius 3 is 2.86 bits per heavy atom. The number of hydrogen-bond donors (Lipinski definition) is 0. The molecule has 2 heterocycles. The van der Waals surface area contributed by atoms with Crippen molar-refractivity contribution in [2.45, 2.75) is 25.3 Å². The van der Waals surface area contributed by atoms with Crippen LogP contribution in [0.4, 0.5) is 0 Å². The Labute approximate surface area is 134 Å². The molecular formula is C16H19NO3S2. The third kappa shape index (κ3) is 3.17. The van der Waals surface area contributed by atoms with Gasteiger partial charge in [-0.1, -0.05) is 18.2 Å². The molecule has 118 valence electrons. The lowest BCUT2D eigenvalue weighted by Gasteiger charge is -2.35. The van der Waals surface area contributed by atoms with Crippen molar-refractivity contribution in [2.75, 3.05) is 18.6 Å². The van der Waals surface area contributed by atoms with Crippen molar-refractivity contribution in [1.82, 2.24) is 4.90 Å². The number of nitrogens with zero attached hydrogens (tertiary/aromatic N) is 1. The van der Waals surface area contributed by atoms with E-state index in [1.54, 1.807) is 16.2 Å². The number of sulfone groups is 1. The van der Waals surface area contributed by atoms with Gasteiger partial charge in [-0.15, -0.1) is 11.3 Å². The van der Waals surface area contributed by atoms with Crippen LogP contribution >= 0.6 is 11.3 Å². The Hall–Kier alpha value is -1.40. The predicted octanol–water partition coefficient (Wildman–Crippen LogP) is 2.94. The number of fused-ring (bicyclic) bond motifs is 1. The highest BCUT2D eigenvalue weighted by molar-refractivity contribution is 7.90. The summed E-state index contributed by atoms with van der Waals surface area (Å²) in [7, 11) is -3.09. The fraction of sp³-hybridized carbons (Fsp3) is 0.438. The molecule has 3 rings (SSSR count). The topological polar surface area (TPSA) is 54.5 Å². The molecular weight excluding hydrogens is 318 g/mol. The number of carbonyl (C=O) groups is 1. The maximum atomic E-state index is 12.9. The SMILES string of the molecule is CS(=O)(=O)C[C@@H]1CCCCN1C(=O)c1csc2ccccc12. The summed E-state index contributed by atoms with van der Waals surface area (Å²) in [6, 6.07) is 7.64. The molecule has 0 bridgehead atoms. The van der Waals surface area contributed by atoms with Crippen molar-refractivity contribution < 1.29 is 13.2 Å². The van der Waals surface area contributed by atoms with Gasteiger partial charge in [-0.3, -0.25) is 4.79 Å². The number of rotatable bonds is 3. The Bertz CT molecular complexity index is 795. The number of piperidine rings is 1. The average Bonchev–Trinajstić information content (AvgIpc) is 2.89. The lowest BCUT2D eigenvalue weighted by molar-refractivity contribution is 0.0642. The van der Waals surface area contributed by atoms with Crippen LogP contribution in [-0.2, 0) is 9.84 Å². The van der Waals surface area contributed by atoms with Crippen LogP contribution in [0.25, 0.3) is 10.1 Å². The van der Waals surface area contributed by atoms with E-state index in [9.17, 15) is 13.2 Å². The van der Waals surface area contributed by atoms with Crippen molar-refractivity contribution in [1.29, 1.82) is 0 Å². The van der Waals surface area contributed by atoms with Gasteiger partial charge in [0.05, 0.1) is 11.3 Å². The molecule has 22 heavy (non-hydrogen) atoms. The predicted molar refractivity (Wildman–Crippen MR) is 90.2 cm³/mol. The van der Waals surface area contributed by atoms with E-state index in [1.807, 2.05) is 29.6 Å². The molecule has 6 heteroatoms. The molecule has 1 atom stereocenters. The van der Waals surface area contributed by atoms with Crippen LogP contribution in [0.1, 0.15) is 29.6 Å². The molecule has 0 unspecified atom stereocenters. The molecule has 0 N–H and O–H groups in total. The molecule has 0 saturated carbocycles. The molecule has 1 aliphatic heterocycles. The Morgan fingerprint density at radius 2 is 2.09 bits per heavy atom. The maximum Gasteiger partial charge on any atom is 0.255 e. The first-order valence-electron chi connectivity index (χ1n) is 7.40. The number of thiophene rings is 1. The summed E-state index contributed by atoms with van der Waals surface area (Å²) in [5.41, 5.74) is 0.695. The van der Waals surface area contributed by atoms with E-state index in [1.165, 1.54) is 6.26 Å². The minimum Gasteiger partial charge on any atom is -0.335 e. The highest BCUT2D eigenvalue weighted by Gasteiger charge is 2.30. The average molecular weight is 337 g/mol. The minimum atomic E-state index is -3.09. The smallest absolute Gasteiger partial charge is 0.255 e. The first-order chi connectivity index (χ1) is 10.5. The summed E-state index contributed by atoms with van der Waals surface area (Å²) >= 11 is 1.55. The van der Waals surface area contributed by atoms with Gasteiger partial charge in [0.25, 0.3) is 5.91 Å². The zero-order chi connectivity index (χ0) is 15.7. The zero-order valence-electron chi connectivity index (χ0n) is 12.5. The number of likely N-dealkylation sites (tertiary alicyclic amines) is 1. The van der Waals surface area contributed by atoms with Gasteiger partial charge in [0.2, 0.25) is 0 Å². The van der Waals surface area contributed by atoms with Crippen molar-refractivity contribution >= 4 is 37.2 Å². The highest BCUT2D eigenvalue weighted by Crippen LogP contribution is 2.29. The molecule has 0 aliphatic carbocycles. The molecule has 0 radical (unpaired) electrons. The molecule has 1 aliphatic rings. The molecule has 1 aromatic carbocycles. The van der Waals surface area contributed by atoms with Gasteiger partial charge in [-0.25, -0.2) is 8.42 Å². The fourth-order valence-electron chi connectivity index (χ4n) is 3.09. The second-order valence-electron chi connectivity index (χ2n) is 5.89. The van der Waals surface area contributed by atoms with Crippen LogP contribution in [0.3, 0.4) is 0 Å². The first-order valence-corrected chi connectivity index (χ1v) is 10.3. The van der Waals surface area contributed by atoms with Crippen molar-refractivity contribution in [3.8, 4) is 0 Å². The number of amides is 1. The van der Waals surface area contributed by atoms with Crippen LogP contribution in [-0.4, -0.2) is 43.8 Å². The van der Waals surface area contributed by atoms with Gasteiger partial charge in [0.1, 0.15) is 9.84 Å². The fourth-order valence-corrected chi connectivity index (χ4v) is 5.07. The van der Waals surface area contributed by atoms with E-state index < -0.39 is 9.84 Å². The number of carbonyl (C=O) groups excluding carboxylic acids is 1. The third-order valence-electron chi connectivity index (χ3n) is 4.09. The molecule has 1 saturated heterocycles. The summed E-state index contributed by atoms with van der Waals surface area (Å²) in [4.78, 5) is 14.7. The Morgan fingerprint density at radius 1 is 1.32 bits per heavy atom. The zero-order valence-corrected chi connectivity index (χ0v) is 14.1. The monoisotopic (exact) mass is 337 g/mol. The van der Waals surface area contributed by atoms with Gasteiger partial charge in [-0.05, 0) is 25.3 Å². The molecule has 4 nitrogen and oxygen atoms in total. The van der Waals surface area contributed by atoms with Crippen LogP contribution in [0.15, 0.2) is 29.6 Å². The normalized spacial score (nSPS) is 19.5. The summed E-state index contributed by atoms with van der Waals surface area (Å²) < 4.78 is 24.3. The summed E-state index contributed by atoms with van der Waals surface area (Å²) in [5.74, 6) is 0.0201. The van der Waals surface area contributed by atoms with E-state index in [4.69, 9.17) is 0 Å². The summed E-state index contributed by atoms with van der Waals surface area (Å²) in [5, 5.41) is 2.85. The van der Waals surface area contributed by atoms with Gasteiger partial charge < -0.3 is 4.90 Å². The highest BCUT2D eigenvalue weighted by atomic mass is 32.2. The quantitative estimate of drug-likeness (QED) is 0.865. The van der Waals surface area contributed by atoms with Crippen molar-refractivity contribution in [3.63, 3.8) is 0 Å². The molecule has 1 aromatic heterocycles. The number of hydrogen-bond acceptors (Lipinski definition) is 4.